The lowest BCUT2D eigenvalue weighted by Gasteiger charge is -2.21. The summed E-state index contributed by atoms with van der Waals surface area (Å²) in [7, 11) is 0. The number of nitrogens with two attached hydrogens (primary N) is 1. The molecule has 3 nitrogen and oxygen atoms in total. The number of hydrogen-bond acceptors (Lipinski definition) is 2. The monoisotopic (exact) mass is 232 g/mol. The van der Waals surface area contributed by atoms with Gasteiger partial charge in [-0.1, -0.05) is 6.07 Å². The fraction of sp³-hybridized carbons (Fsp3) is 0.500. The van der Waals surface area contributed by atoms with Crippen LogP contribution < -0.4 is 5.73 Å². The number of amides is 1. The standard InChI is InChI=1S/C14H20N2O/c1-3-16(9-11-5-6-11)14(17)12-7-4-10(2)13(15)8-12/h4,7-8,11H,3,5-6,9,15H2,1-2H3. The highest BCUT2D eigenvalue weighted by Gasteiger charge is 2.26. The highest BCUT2D eigenvalue weighted by molar-refractivity contribution is 5.95. The van der Waals surface area contributed by atoms with Crippen LogP contribution in [0.15, 0.2) is 18.2 Å². The van der Waals surface area contributed by atoms with Gasteiger partial charge in [0.05, 0.1) is 0 Å². The summed E-state index contributed by atoms with van der Waals surface area (Å²) in [5, 5.41) is 0. The molecule has 0 aromatic heterocycles. The van der Waals surface area contributed by atoms with E-state index in [2.05, 4.69) is 0 Å². The quantitative estimate of drug-likeness (QED) is 0.810. The molecule has 0 saturated heterocycles. The maximum absolute atomic E-state index is 12.3. The number of hydrogen-bond donors (Lipinski definition) is 1. The van der Waals surface area contributed by atoms with E-state index in [4.69, 9.17) is 5.73 Å². The van der Waals surface area contributed by atoms with Crippen molar-refractivity contribution in [1.82, 2.24) is 4.90 Å². The van der Waals surface area contributed by atoms with Gasteiger partial charge < -0.3 is 10.6 Å². The third kappa shape index (κ3) is 2.78. The number of benzene rings is 1. The third-order valence-corrected chi connectivity index (χ3v) is 3.37. The van der Waals surface area contributed by atoms with Gasteiger partial charge >= 0.3 is 0 Å². The smallest absolute Gasteiger partial charge is 0.253 e. The average Bonchev–Trinajstić information content (AvgIpc) is 3.12. The molecule has 1 fully saturated rings. The number of carbonyl (C=O) groups is 1. The molecule has 0 radical (unpaired) electrons. The third-order valence-electron chi connectivity index (χ3n) is 3.37. The fourth-order valence-corrected chi connectivity index (χ4v) is 1.92. The van der Waals surface area contributed by atoms with Gasteiger partial charge in [-0.2, -0.15) is 0 Å². The van der Waals surface area contributed by atoms with Crippen LogP contribution in [0.5, 0.6) is 0 Å². The molecule has 1 aromatic rings. The predicted molar refractivity (Wildman–Crippen MR) is 69.9 cm³/mol. The Morgan fingerprint density at radius 2 is 2.18 bits per heavy atom. The van der Waals surface area contributed by atoms with Gasteiger partial charge in [-0.05, 0) is 50.3 Å². The van der Waals surface area contributed by atoms with E-state index >= 15 is 0 Å². The van der Waals surface area contributed by atoms with Crippen molar-refractivity contribution in [2.24, 2.45) is 5.92 Å². The van der Waals surface area contributed by atoms with Crippen molar-refractivity contribution in [3.8, 4) is 0 Å². The van der Waals surface area contributed by atoms with Crippen molar-refractivity contribution in [3.63, 3.8) is 0 Å². The van der Waals surface area contributed by atoms with Crippen LogP contribution in [-0.2, 0) is 0 Å². The lowest BCUT2D eigenvalue weighted by atomic mass is 10.1. The van der Waals surface area contributed by atoms with E-state index in [-0.39, 0.29) is 5.91 Å². The summed E-state index contributed by atoms with van der Waals surface area (Å²) in [6, 6.07) is 5.56. The van der Waals surface area contributed by atoms with Crippen LogP contribution in [0.25, 0.3) is 0 Å². The number of carbonyl (C=O) groups excluding carboxylic acids is 1. The van der Waals surface area contributed by atoms with Crippen molar-refractivity contribution < 1.29 is 4.79 Å². The number of nitrogens with zero attached hydrogens (tertiary/aromatic N) is 1. The molecule has 2 rings (SSSR count). The van der Waals surface area contributed by atoms with E-state index in [0.29, 0.717) is 11.3 Å². The average molecular weight is 232 g/mol. The molecular weight excluding hydrogens is 212 g/mol. The van der Waals surface area contributed by atoms with Gasteiger partial charge in [-0.25, -0.2) is 0 Å². The first-order chi connectivity index (χ1) is 8.11. The first-order valence-electron chi connectivity index (χ1n) is 6.27. The molecule has 17 heavy (non-hydrogen) atoms. The Morgan fingerprint density at radius 3 is 2.71 bits per heavy atom. The molecule has 1 saturated carbocycles. The molecule has 1 aliphatic carbocycles. The van der Waals surface area contributed by atoms with Crippen LogP contribution in [0.3, 0.4) is 0 Å². The van der Waals surface area contributed by atoms with Crippen molar-refractivity contribution in [1.29, 1.82) is 0 Å². The number of aryl methyl sites for hydroxylation is 1. The lowest BCUT2D eigenvalue weighted by Crippen LogP contribution is -2.32. The summed E-state index contributed by atoms with van der Waals surface area (Å²) in [5.74, 6) is 0.827. The molecule has 0 spiro atoms. The zero-order chi connectivity index (χ0) is 12.4. The maximum atomic E-state index is 12.3. The highest BCUT2D eigenvalue weighted by atomic mass is 16.2. The molecule has 92 valence electrons. The Hall–Kier alpha value is -1.51. The van der Waals surface area contributed by atoms with Gasteiger partial charge in [0.15, 0.2) is 0 Å². The Kier molecular flexibility index (Phi) is 3.36. The van der Waals surface area contributed by atoms with E-state index in [1.54, 1.807) is 6.07 Å². The summed E-state index contributed by atoms with van der Waals surface area (Å²) in [6.07, 6.45) is 2.53. The molecule has 3 heteroatoms. The summed E-state index contributed by atoms with van der Waals surface area (Å²) in [5.41, 5.74) is 8.26. The Balaban J connectivity index is 2.12. The normalized spacial score (nSPS) is 14.7. The summed E-state index contributed by atoms with van der Waals surface area (Å²) in [4.78, 5) is 14.2. The largest absolute Gasteiger partial charge is 0.398 e. The number of anilines is 1. The van der Waals surface area contributed by atoms with E-state index in [1.165, 1.54) is 12.8 Å². The minimum absolute atomic E-state index is 0.103. The second kappa shape index (κ2) is 4.78. The van der Waals surface area contributed by atoms with E-state index < -0.39 is 0 Å². The summed E-state index contributed by atoms with van der Waals surface area (Å²) in [6.45, 7) is 5.63. The Labute approximate surface area is 103 Å². The van der Waals surface area contributed by atoms with Gasteiger partial charge in [-0.3, -0.25) is 4.79 Å². The first-order valence-corrected chi connectivity index (χ1v) is 6.27. The SMILES string of the molecule is CCN(CC1CC1)C(=O)c1ccc(C)c(N)c1. The van der Waals surface area contributed by atoms with Gasteiger partial charge in [0.25, 0.3) is 5.91 Å². The molecule has 0 atom stereocenters. The zero-order valence-corrected chi connectivity index (χ0v) is 10.6. The van der Waals surface area contributed by atoms with Crippen molar-refractivity contribution >= 4 is 11.6 Å². The topological polar surface area (TPSA) is 46.3 Å². The van der Waals surface area contributed by atoms with Gasteiger partial charge in [0.1, 0.15) is 0 Å². The summed E-state index contributed by atoms with van der Waals surface area (Å²) >= 11 is 0. The van der Waals surface area contributed by atoms with Crippen LogP contribution >= 0.6 is 0 Å². The van der Waals surface area contributed by atoms with Gasteiger partial charge in [0.2, 0.25) is 0 Å². The van der Waals surface area contributed by atoms with Crippen molar-refractivity contribution in [3.05, 3.63) is 29.3 Å². The Bertz CT molecular complexity index is 424. The minimum atomic E-state index is 0.103. The van der Waals surface area contributed by atoms with Crippen LogP contribution in [0, 0.1) is 12.8 Å². The molecule has 0 bridgehead atoms. The second-order valence-corrected chi connectivity index (χ2v) is 4.86. The summed E-state index contributed by atoms with van der Waals surface area (Å²) < 4.78 is 0. The fourth-order valence-electron chi connectivity index (χ4n) is 1.92. The number of nitrogen functional groups attached to an aromatic ring is 1. The zero-order valence-electron chi connectivity index (χ0n) is 10.6. The van der Waals surface area contributed by atoms with E-state index in [0.717, 1.165) is 24.6 Å². The van der Waals surface area contributed by atoms with Crippen molar-refractivity contribution in [2.75, 3.05) is 18.8 Å². The highest BCUT2D eigenvalue weighted by Crippen LogP contribution is 2.30. The van der Waals surface area contributed by atoms with Gasteiger partial charge in [-0.15, -0.1) is 0 Å². The molecule has 2 N–H and O–H groups in total. The van der Waals surface area contributed by atoms with Crippen LogP contribution in [0.1, 0.15) is 35.7 Å². The molecule has 0 aliphatic heterocycles. The minimum Gasteiger partial charge on any atom is -0.398 e. The van der Waals surface area contributed by atoms with Crippen LogP contribution in [-0.4, -0.2) is 23.9 Å². The van der Waals surface area contributed by atoms with E-state index in [9.17, 15) is 4.79 Å². The van der Waals surface area contributed by atoms with Crippen LogP contribution in [0.2, 0.25) is 0 Å². The molecule has 1 aromatic carbocycles. The van der Waals surface area contributed by atoms with Crippen LogP contribution in [0.4, 0.5) is 5.69 Å². The van der Waals surface area contributed by atoms with Gasteiger partial charge in [0, 0.05) is 24.3 Å². The molecule has 1 aliphatic rings. The Morgan fingerprint density at radius 1 is 1.47 bits per heavy atom. The van der Waals surface area contributed by atoms with E-state index in [1.807, 2.05) is 30.9 Å². The molecular formula is C14H20N2O. The molecule has 0 unspecified atom stereocenters. The first kappa shape index (κ1) is 12.0. The number of rotatable bonds is 4. The van der Waals surface area contributed by atoms with Crippen molar-refractivity contribution in [2.45, 2.75) is 26.7 Å². The molecule has 0 heterocycles. The lowest BCUT2D eigenvalue weighted by molar-refractivity contribution is 0.0757. The second-order valence-electron chi connectivity index (χ2n) is 4.86. The maximum Gasteiger partial charge on any atom is 0.253 e. The molecule has 1 amide bonds. The predicted octanol–water partition coefficient (Wildman–Crippen LogP) is 2.45.